The number of hydrogen-bond acceptors (Lipinski definition) is 6. The molecule has 2 heterocycles. The molecule has 0 amide bonds. The van der Waals surface area contributed by atoms with Gasteiger partial charge in [-0.05, 0) is 42.0 Å². The lowest BCUT2D eigenvalue weighted by Gasteiger charge is -2.35. The highest BCUT2D eigenvalue weighted by atomic mass is 32.1. The molecular weight excluding hydrogens is 380 g/mol. The van der Waals surface area contributed by atoms with E-state index in [0.29, 0.717) is 36.2 Å². The highest BCUT2D eigenvalue weighted by Gasteiger charge is 2.30. The van der Waals surface area contributed by atoms with Crippen LogP contribution in [0.4, 0.5) is 0 Å². The second-order valence-electron chi connectivity index (χ2n) is 6.60. The Morgan fingerprint density at radius 3 is 2.71 bits per heavy atom. The molecule has 0 unspecified atom stereocenters. The lowest BCUT2D eigenvalue weighted by molar-refractivity contribution is 0.122. The van der Waals surface area contributed by atoms with Crippen molar-refractivity contribution in [1.82, 2.24) is 10.2 Å². The smallest absolute Gasteiger partial charge is 0.231 e. The lowest BCUT2D eigenvalue weighted by atomic mass is 9.95. The van der Waals surface area contributed by atoms with Crippen LogP contribution in [0.2, 0.25) is 0 Å². The van der Waals surface area contributed by atoms with Gasteiger partial charge in [0.2, 0.25) is 6.79 Å². The van der Waals surface area contributed by atoms with E-state index in [9.17, 15) is 5.11 Å². The quantitative estimate of drug-likeness (QED) is 0.756. The van der Waals surface area contributed by atoms with E-state index < -0.39 is 6.10 Å². The number of hydrogen-bond donors (Lipinski definition) is 2. The van der Waals surface area contributed by atoms with Gasteiger partial charge >= 0.3 is 0 Å². The van der Waals surface area contributed by atoms with Crippen LogP contribution in [0.3, 0.4) is 0 Å². The SMILES string of the molecule is COc1ccc(OC)c2c1CN(C(=S)NCc1ccc3c(c1)OCO3)C[C@@H]2O. The average Bonchev–Trinajstić information content (AvgIpc) is 3.18. The summed E-state index contributed by atoms with van der Waals surface area (Å²) in [5.41, 5.74) is 2.67. The molecule has 0 aliphatic carbocycles. The van der Waals surface area contributed by atoms with E-state index in [1.165, 1.54) is 0 Å². The number of rotatable bonds is 4. The zero-order valence-electron chi connectivity index (χ0n) is 15.7. The van der Waals surface area contributed by atoms with Crippen LogP contribution in [-0.4, -0.2) is 42.7 Å². The molecule has 0 saturated carbocycles. The zero-order valence-corrected chi connectivity index (χ0v) is 16.5. The molecule has 0 radical (unpaired) electrons. The largest absolute Gasteiger partial charge is 0.496 e. The Kier molecular flexibility index (Phi) is 5.15. The number of nitrogens with one attached hydrogen (secondary N) is 1. The number of nitrogens with zero attached hydrogens (tertiary/aromatic N) is 1. The van der Waals surface area contributed by atoms with Gasteiger partial charge in [-0.1, -0.05) is 6.07 Å². The van der Waals surface area contributed by atoms with E-state index in [4.69, 9.17) is 31.2 Å². The van der Waals surface area contributed by atoms with Crippen molar-refractivity contribution in [2.75, 3.05) is 27.6 Å². The van der Waals surface area contributed by atoms with E-state index in [1.807, 2.05) is 35.2 Å². The maximum Gasteiger partial charge on any atom is 0.231 e. The Morgan fingerprint density at radius 2 is 1.93 bits per heavy atom. The molecule has 0 bridgehead atoms. The normalized spacial score (nSPS) is 17.1. The molecule has 1 atom stereocenters. The molecule has 2 aromatic rings. The fraction of sp³-hybridized carbons (Fsp3) is 0.350. The maximum atomic E-state index is 10.7. The van der Waals surface area contributed by atoms with Crippen molar-refractivity contribution in [2.45, 2.75) is 19.2 Å². The fourth-order valence-corrected chi connectivity index (χ4v) is 3.78. The summed E-state index contributed by atoms with van der Waals surface area (Å²) >= 11 is 5.57. The van der Waals surface area contributed by atoms with Crippen LogP contribution in [0.25, 0.3) is 0 Å². The predicted molar refractivity (Wildman–Crippen MR) is 107 cm³/mol. The van der Waals surface area contributed by atoms with E-state index in [0.717, 1.165) is 28.2 Å². The first-order chi connectivity index (χ1) is 13.6. The van der Waals surface area contributed by atoms with Crippen molar-refractivity contribution < 1.29 is 24.1 Å². The summed E-state index contributed by atoms with van der Waals surface area (Å²) in [5, 5.41) is 14.5. The van der Waals surface area contributed by atoms with Gasteiger partial charge in [-0.25, -0.2) is 0 Å². The molecular formula is C20H22N2O5S. The van der Waals surface area contributed by atoms with Crippen LogP contribution in [0.5, 0.6) is 23.0 Å². The van der Waals surface area contributed by atoms with Crippen molar-refractivity contribution >= 4 is 17.3 Å². The minimum absolute atomic E-state index is 0.251. The van der Waals surface area contributed by atoms with Gasteiger partial charge in [0.25, 0.3) is 0 Å². The van der Waals surface area contributed by atoms with E-state index >= 15 is 0 Å². The summed E-state index contributed by atoms with van der Waals surface area (Å²) in [5.74, 6) is 2.85. The highest BCUT2D eigenvalue weighted by molar-refractivity contribution is 7.80. The van der Waals surface area contributed by atoms with E-state index in [-0.39, 0.29) is 6.79 Å². The number of aliphatic hydroxyl groups is 1. The highest BCUT2D eigenvalue weighted by Crippen LogP contribution is 2.39. The minimum Gasteiger partial charge on any atom is -0.496 e. The molecule has 8 heteroatoms. The average molecular weight is 402 g/mol. The number of aliphatic hydroxyl groups excluding tert-OH is 1. The number of β-amino-alcohol motifs (C(OH)–C–C–N with tert-alkyl or cyclic N) is 1. The van der Waals surface area contributed by atoms with Crippen molar-refractivity contribution in [1.29, 1.82) is 0 Å². The first kappa shape index (κ1) is 18.6. The van der Waals surface area contributed by atoms with Crippen molar-refractivity contribution in [3.05, 3.63) is 47.0 Å². The Labute approximate surface area is 168 Å². The summed E-state index contributed by atoms with van der Waals surface area (Å²) in [4.78, 5) is 1.93. The van der Waals surface area contributed by atoms with Crippen LogP contribution in [0.15, 0.2) is 30.3 Å². The summed E-state index contributed by atoms with van der Waals surface area (Å²) < 4.78 is 21.6. The van der Waals surface area contributed by atoms with Crippen molar-refractivity contribution in [2.24, 2.45) is 0 Å². The van der Waals surface area contributed by atoms with Crippen LogP contribution in [-0.2, 0) is 13.1 Å². The molecule has 0 spiro atoms. The van der Waals surface area contributed by atoms with Gasteiger partial charge in [-0.2, -0.15) is 0 Å². The molecule has 0 fully saturated rings. The van der Waals surface area contributed by atoms with Crippen LogP contribution in [0, 0.1) is 0 Å². The third-order valence-corrected chi connectivity index (χ3v) is 5.36. The molecule has 4 rings (SSSR count). The lowest BCUT2D eigenvalue weighted by Crippen LogP contribution is -2.44. The zero-order chi connectivity index (χ0) is 19.7. The maximum absolute atomic E-state index is 10.7. The second kappa shape index (κ2) is 7.73. The number of thiocarbonyl (C=S) groups is 1. The third kappa shape index (κ3) is 3.41. The van der Waals surface area contributed by atoms with Crippen LogP contribution >= 0.6 is 12.2 Å². The topological polar surface area (TPSA) is 72.4 Å². The molecule has 2 aliphatic heterocycles. The van der Waals surface area contributed by atoms with Gasteiger partial charge in [0, 0.05) is 24.2 Å². The Balaban J connectivity index is 1.47. The molecule has 2 aliphatic rings. The predicted octanol–water partition coefficient (Wildman–Crippen LogP) is 2.36. The Bertz CT molecular complexity index is 904. The van der Waals surface area contributed by atoms with Gasteiger partial charge in [0.05, 0.1) is 20.8 Å². The van der Waals surface area contributed by atoms with Gasteiger partial charge in [-0.3, -0.25) is 0 Å². The minimum atomic E-state index is -0.723. The van der Waals surface area contributed by atoms with E-state index in [2.05, 4.69) is 5.32 Å². The van der Waals surface area contributed by atoms with Crippen LogP contribution in [0.1, 0.15) is 22.8 Å². The monoisotopic (exact) mass is 402 g/mol. The molecule has 0 aromatic heterocycles. The van der Waals surface area contributed by atoms with Crippen LogP contribution < -0.4 is 24.3 Å². The summed E-state index contributed by atoms with van der Waals surface area (Å²) in [6.07, 6.45) is -0.723. The van der Waals surface area contributed by atoms with E-state index in [1.54, 1.807) is 14.2 Å². The Morgan fingerprint density at radius 1 is 1.18 bits per heavy atom. The van der Waals surface area contributed by atoms with Crippen molar-refractivity contribution in [3.63, 3.8) is 0 Å². The summed E-state index contributed by atoms with van der Waals surface area (Å²) in [6, 6.07) is 9.45. The Hall–Kier alpha value is -2.71. The number of ether oxygens (including phenoxy) is 4. The first-order valence-electron chi connectivity index (χ1n) is 8.94. The summed E-state index contributed by atoms with van der Waals surface area (Å²) in [6.45, 7) is 1.70. The number of methoxy groups -OCH3 is 2. The third-order valence-electron chi connectivity index (χ3n) is 4.96. The molecule has 148 valence electrons. The number of benzene rings is 2. The van der Waals surface area contributed by atoms with Crippen molar-refractivity contribution in [3.8, 4) is 23.0 Å². The molecule has 2 N–H and O–H groups in total. The standard InChI is InChI=1S/C20H22N2O5S/c1-24-15-5-6-17(25-2)19-13(15)9-22(10-14(19)23)20(28)21-8-12-3-4-16-18(7-12)27-11-26-16/h3-7,14,23H,8-11H2,1-2H3,(H,21,28)/t14-/m0/s1. The van der Waals surface area contributed by atoms with Gasteiger partial charge in [0.1, 0.15) is 17.6 Å². The number of fused-ring (bicyclic) bond motifs is 2. The first-order valence-corrected chi connectivity index (χ1v) is 9.34. The molecule has 28 heavy (non-hydrogen) atoms. The molecule has 2 aromatic carbocycles. The summed E-state index contributed by atoms with van der Waals surface area (Å²) in [7, 11) is 3.21. The second-order valence-corrected chi connectivity index (χ2v) is 6.99. The van der Waals surface area contributed by atoms with Gasteiger partial charge in [0.15, 0.2) is 16.6 Å². The van der Waals surface area contributed by atoms with Gasteiger partial charge in [-0.15, -0.1) is 0 Å². The molecule has 0 saturated heterocycles. The fourth-order valence-electron chi connectivity index (χ4n) is 3.57. The van der Waals surface area contributed by atoms with Gasteiger partial charge < -0.3 is 34.3 Å². The molecule has 7 nitrogen and oxygen atoms in total.